The van der Waals surface area contributed by atoms with Crippen LogP contribution < -0.4 is 14.8 Å². The van der Waals surface area contributed by atoms with Gasteiger partial charge in [0.2, 0.25) is 0 Å². The van der Waals surface area contributed by atoms with Crippen molar-refractivity contribution < 1.29 is 19.3 Å². The molecule has 1 unspecified atom stereocenters. The summed E-state index contributed by atoms with van der Waals surface area (Å²) in [4.78, 5) is 0. The highest BCUT2D eigenvalue weighted by Gasteiger charge is 2.12. The molecular formula is C15H24BrNO4. The first-order valence-corrected chi connectivity index (χ1v) is 7.78. The summed E-state index contributed by atoms with van der Waals surface area (Å²) in [5, 5.41) is 12.8. The van der Waals surface area contributed by atoms with Crippen LogP contribution >= 0.6 is 15.9 Å². The number of aliphatic hydroxyl groups is 1. The predicted octanol–water partition coefficient (Wildman–Crippen LogP) is 2.34. The Morgan fingerprint density at radius 1 is 1.33 bits per heavy atom. The zero-order chi connectivity index (χ0) is 15.7. The Morgan fingerprint density at radius 2 is 2.10 bits per heavy atom. The van der Waals surface area contributed by atoms with Crippen LogP contribution in [0.5, 0.6) is 11.5 Å². The molecule has 0 fully saturated rings. The van der Waals surface area contributed by atoms with Crippen molar-refractivity contribution in [2.45, 2.75) is 26.0 Å². The summed E-state index contributed by atoms with van der Waals surface area (Å²) in [5.74, 6) is 1.43. The molecule has 0 aliphatic heterocycles. The molecule has 1 rings (SSSR count). The lowest BCUT2D eigenvalue weighted by molar-refractivity contribution is 0.0644. The molecule has 21 heavy (non-hydrogen) atoms. The van der Waals surface area contributed by atoms with Crippen molar-refractivity contribution in [2.75, 3.05) is 34.0 Å². The first-order chi connectivity index (χ1) is 10.1. The van der Waals surface area contributed by atoms with Crippen molar-refractivity contribution >= 4 is 15.9 Å². The quantitative estimate of drug-likeness (QED) is 0.669. The Kier molecular flexibility index (Phi) is 8.68. The van der Waals surface area contributed by atoms with Gasteiger partial charge in [0.05, 0.1) is 30.9 Å². The molecule has 0 aliphatic rings. The average molecular weight is 362 g/mol. The van der Waals surface area contributed by atoms with Gasteiger partial charge in [-0.1, -0.05) is 6.92 Å². The fraction of sp³-hybridized carbons (Fsp3) is 0.600. The van der Waals surface area contributed by atoms with Gasteiger partial charge in [-0.15, -0.1) is 0 Å². The Bertz CT molecular complexity index is 428. The molecule has 1 aromatic carbocycles. The highest BCUT2D eigenvalue weighted by Crippen LogP contribution is 2.36. The number of nitrogens with one attached hydrogen (secondary N) is 1. The molecule has 0 saturated heterocycles. The van der Waals surface area contributed by atoms with E-state index in [-0.39, 0.29) is 0 Å². The highest BCUT2D eigenvalue weighted by molar-refractivity contribution is 9.10. The summed E-state index contributed by atoms with van der Waals surface area (Å²) in [6.45, 7) is 4.13. The second-order valence-electron chi connectivity index (χ2n) is 4.70. The van der Waals surface area contributed by atoms with Crippen molar-refractivity contribution in [3.8, 4) is 11.5 Å². The molecule has 2 N–H and O–H groups in total. The maximum Gasteiger partial charge on any atom is 0.175 e. The lowest BCUT2D eigenvalue weighted by atomic mass is 10.2. The second-order valence-corrected chi connectivity index (χ2v) is 5.55. The van der Waals surface area contributed by atoms with Crippen molar-refractivity contribution in [1.29, 1.82) is 0 Å². The number of benzene rings is 1. The van der Waals surface area contributed by atoms with Crippen LogP contribution in [0.15, 0.2) is 16.6 Å². The van der Waals surface area contributed by atoms with Gasteiger partial charge < -0.3 is 24.6 Å². The Morgan fingerprint density at radius 3 is 2.71 bits per heavy atom. The van der Waals surface area contributed by atoms with Crippen molar-refractivity contribution in [3.05, 3.63) is 22.2 Å². The number of hydrogen-bond acceptors (Lipinski definition) is 5. The van der Waals surface area contributed by atoms with E-state index in [0.717, 1.165) is 22.2 Å². The van der Waals surface area contributed by atoms with Gasteiger partial charge in [-0.3, -0.25) is 0 Å². The van der Waals surface area contributed by atoms with E-state index < -0.39 is 6.10 Å². The lowest BCUT2D eigenvalue weighted by Crippen LogP contribution is -2.29. The summed E-state index contributed by atoms with van der Waals surface area (Å²) < 4.78 is 16.8. The van der Waals surface area contributed by atoms with Crippen LogP contribution in [0.2, 0.25) is 0 Å². The Labute approximate surface area is 134 Å². The molecule has 1 atom stereocenters. The second kappa shape index (κ2) is 10.00. The third kappa shape index (κ3) is 6.22. The maximum absolute atomic E-state index is 9.58. The molecule has 0 heterocycles. The molecule has 5 nitrogen and oxygen atoms in total. The molecule has 0 aromatic heterocycles. The predicted molar refractivity (Wildman–Crippen MR) is 86.1 cm³/mol. The number of methoxy groups -OCH3 is 2. The van der Waals surface area contributed by atoms with E-state index in [1.807, 2.05) is 12.1 Å². The third-order valence-corrected chi connectivity index (χ3v) is 3.40. The Balaban J connectivity index is 2.65. The average Bonchev–Trinajstić information content (AvgIpc) is 2.46. The van der Waals surface area contributed by atoms with Gasteiger partial charge in [0.25, 0.3) is 0 Å². The van der Waals surface area contributed by atoms with Crippen molar-refractivity contribution in [2.24, 2.45) is 0 Å². The van der Waals surface area contributed by atoms with E-state index in [9.17, 15) is 5.11 Å². The van der Waals surface area contributed by atoms with Crippen LogP contribution in [0.25, 0.3) is 0 Å². The van der Waals surface area contributed by atoms with Crippen LogP contribution in [0.1, 0.15) is 18.9 Å². The van der Waals surface area contributed by atoms with Crippen LogP contribution in [-0.4, -0.2) is 45.2 Å². The number of halogens is 1. The first-order valence-electron chi connectivity index (χ1n) is 6.99. The summed E-state index contributed by atoms with van der Waals surface area (Å²) in [5.41, 5.74) is 1.05. The van der Waals surface area contributed by atoms with Crippen LogP contribution in [0.4, 0.5) is 0 Å². The van der Waals surface area contributed by atoms with Gasteiger partial charge in [-0.25, -0.2) is 0 Å². The number of rotatable bonds is 10. The third-order valence-electron chi connectivity index (χ3n) is 2.81. The zero-order valence-electron chi connectivity index (χ0n) is 12.8. The molecule has 1 aromatic rings. The van der Waals surface area contributed by atoms with Gasteiger partial charge in [-0.2, -0.15) is 0 Å². The molecule has 0 radical (unpaired) electrons. The van der Waals surface area contributed by atoms with Gasteiger partial charge in [0, 0.05) is 20.2 Å². The zero-order valence-corrected chi connectivity index (χ0v) is 14.4. The van der Waals surface area contributed by atoms with Gasteiger partial charge in [0.15, 0.2) is 11.5 Å². The molecule has 6 heteroatoms. The molecule has 0 saturated carbocycles. The molecular weight excluding hydrogens is 338 g/mol. The lowest BCUT2D eigenvalue weighted by Gasteiger charge is -2.15. The smallest absolute Gasteiger partial charge is 0.175 e. The first kappa shape index (κ1) is 18.2. The Hall–Kier alpha value is -0.820. The van der Waals surface area contributed by atoms with E-state index in [4.69, 9.17) is 14.2 Å². The molecule has 0 aliphatic carbocycles. The summed E-state index contributed by atoms with van der Waals surface area (Å²) in [6, 6.07) is 3.93. The van der Waals surface area contributed by atoms with Crippen LogP contribution in [-0.2, 0) is 11.3 Å². The monoisotopic (exact) mass is 361 g/mol. The largest absolute Gasteiger partial charge is 0.493 e. The topological polar surface area (TPSA) is 60.0 Å². The van der Waals surface area contributed by atoms with Crippen molar-refractivity contribution in [3.63, 3.8) is 0 Å². The van der Waals surface area contributed by atoms with Gasteiger partial charge in [-0.05, 0) is 40.0 Å². The number of aliphatic hydroxyl groups excluding tert-OH is 1. The van der Waals surface area contributed by atoms with Gasteiger partial charge in [0.1, 0.15) is 0 Å². The van der Waals surface area contributed by atoms with E-state index in [1.165, 1.54) is 0 Å². The van der Waals surface area contributed by atoms with Gasteiger partial charge >= 0.3 is 0 Å². The standard InChI is InChI=1S/C15H24BrNO4/c1-4-5-21-15-13(16)6-11(7-14(15)20-3)8-17-9-12(18)10-19-2/h6-7,12,17-18H,4-5,8-10H2,1-3H3. The van der Waals surface area contributed by atoms with E-state index in [2.05, 4.69) is 28.2 Å². The molecule has 0 bridgehead atoms. The summed E-state index contributed by atoms with van der Waals surface area (Å²) in [6.07, 6.45) is 0.434. The minimum Gasteiger partial charge on any atom is -0.493 e. The molecule has 120 valence electrons. The summed E-state index contributed by atoms with van der Waals surface area (Å²) >= 11 is 3.51. The highest BCUT2D eigenvalue weighted by atomic mass is 79.9. The molecule has 0 amide bonds. The maximum atomic E-state index is 9.58. The minimum atomic E-state index is -0.507. The van der Waals surface area contributed by atoms with Crippen molar-refractivity contribution in [1.82, 2.24) is 5.32 Å². The van der Waals surface area contributed by atoms with Crippen LogP contribution in [0, 0.1) is 0 Å². The van der Waals surface area contributed by atoms with E-state index in [1.54, 1.807) is 14.2 Å². The summed E-state index contributed by atoms with van der Waals surface area (Å²) in [7, 11) is 3.19. The normalized spacial score (nSPS) is 12.2. The fourth-order valence-corrected chi connectivity index (χ4v) is 2.46. The number of ether oxygens (including phenoxy) is 3. The minimum absolute atomic E-state index is 0.323. The SMILES string of the molecule is CCCOc1c(Br)cc(CNCC(O)COC)cc1OC. The van der Waals surface area contributed by atoms with Crippen LogP contribution in [0.3, 0.4) is 0 Å². The number of hydrogen-bond donors (Lipinski definition) is 2. The fourth-order valence-electron chi connectivity index (χ4n) is 1.85. The van der Waals surface area contributed by atoms with E-state index >= 15 is 0 Å². The van der Waals surface area contributed by atoms with E-state index in [0.29, 0.717) is 32.1 Å². The molecule has 0 spiro atoms.